The van der Waals surface area contributed by atoms with E-state index in [0.717, 1.165) is 50.5 Å². The first-order chi connectivity index (χ1) is 14.6. The number of likely N-dealkylation sites (tertiary alicyclic amines) is 2. The average Bonchev–Trinajstić information content (AvgIpc) is 3.36. The number of fused-ring (bicyclic) bond motifs is 1. The highest BCUT2D eigenvalue weighted by Gasteiger charge is 2.40. The van der Waals surface area contributed by atoms with Crippen LogP contribution < -0.4 is 0 Å². The van der Waals surface area contributed by atoms with Crippen molar-refractivity contribution in [2.24, 2.45) is 11.8 Å². The fourth-order valence-electron chi connectivity index (χ4n) is 4.61. The smallest absolute Gasteiger partial charge is 0.475 e. The van der Waals surface area contributed by atoms with E-state index >= 15 is 0 Å². The second kappa shape index (κ2) is 9.99. The van der Waals surface area contributed by atoms with E-state index in [4.69, 9.17) is 14.6 Å². The number of carbonyl (C=O) groups is 2. The number of carboxylic acid groups (broad SMARTS) is 1. The highest BCUT2D eigenvalue weighted by molar-refractivity contribution is 5.94. The van der Waals surface area contributed by atoms with E-state index < -0.39 is 12.1 Å². The minimum absolute atomic E-state index is 0.207. The van der Waals surface area contributed by atoms with Crippen LogP contribution >= 0.6 is 0 Å². The lowest BCUT2D eigenvalue weighted by Crippen LogP contribution is -2.43. The molecule has 31 heavy (non-hydrogen) atoms. The number of amides is 1. The molecule has 6 nitrogen and oxygen atoms in total. The molecule has 1 aromatic carbocycles. The SMILES string of the molecule is Cc1cccc(C(=O)N2C[C@H]3CN(CC4CCCO4)CC[C@H]3C2)c1.O=C(O)C(F)(F)F. The van der Waals surface area contributed by atoms with Crippen LogP contribution in [-0.4, -0.2) is 78.4 Å². The van der Waals surface area contributed by atoms with Gasteiger partial charge in [0.2, 0.25) is 0 Å². The molecule has 0 aromatic heterocycles. The lowest BCUT2D eigenvalue weighted by atomic mass is 9.88. The number of aliphatic carboxylic acids is 1. The Kier molecular flexibility index (Phi) is 7.59. The molecule has 0 bridgehead atoms. The number of piperidine rings is 1. The molecule has 3 heterocycles. The van der Waals surface area contributed by atoms with Crippen LogP contribution in [0.5, 0.6) is 0 Å². The van der Waals surface area contributed by atoms with Crippen molar-refractivity contribution >= 4 is 11.9 Å². The molecule has 3 fully saturated rings. The zero-order valence-corrected chi connectivity index (χ0v) is 17.6. The van der Waals surface area contributed by atoms with Gasteiger partial charge in [-0.2, -0.15) is 13.2 Å². The highest BCUT2D eigenvalue weighted by Crippen LogP contribution is 2.32. The maximum absolute atomic E-state index is 12.8. The summed E-state index contributed by atoms with van der Waals surface area (Å²) in [7, 11) is 0. The summed E-state index contributed by atoms with van der Waals surface area (Å²) in [4.78, 5) is 26.3. The van der Waals surface area contributed by atoms with Crippen LogP contribution in [0.15, 0.2) is 24.3 Å². The number of benzene rings is 1. The normalized spacial score (nSPS) is 26.2. The lowest BCUT2D eigenvalue weighted by molar-refractivity contribution is -0.192. The summed E-state index contributed by atoms with van der Waals surface area (Å²) in [6.07, 6.45) is -1.01. The molecule has 9 heteroatoms. The molecule has 3 aliphatic rings. The van der Waals surface area contributed by atoms with Crippen LogP contribution in [0.1, 0.15) is 35.2 Å². The lowest BCUT2D eigenvalue weighted by Gasteiger charge is -2.35. The Balaban J connectivity index is 0.000000339. The van der Waals surface area contributed by atoms with Crippen molar-refractivity contribution < 1.29 is 32.6 Å². The van der Waals surface area contributed by atoms with Gasteiger partial charge in [-0.25, -0.2) is 4.79 Å². The van der Waals surface area contributed by atoms with Crippen molar-refractivity contribution in [1.29, 1.82) is 0 Å². The second-order valence-electron chi connectivity index (χ2n) is 8.59. The Morgan fingerprint density at radius 2 is 1.87 bits per heavy atom. The van der Waals surface area contributed by atoms with Gasteiger partial charge in [-0.15, -0.1) is 0 Å². The maximum atomic E-state index is 12.8. The molecule has 3 atom stereocenters. The van der Waals surface area contributed by atoms with E-state index in [2.05, 4.69) is 9.80 Å². The Morgan fingerprint density at radius 3 is 2.48 bits per heavy atom. The van der Waals surface area contributed by atoms with Crippen LogP contribution in [0.3, 0.4) is 0 Å². The Bertz CT molecular complexity index is 780. The third-order valence-corrected chi connectivity index (χ3v) is 6.17. The van der Waals surface area contributed by atoms with E-state index in [1.165, 1.54) is 19.3 Å². The first-order valence-corrected chi connectivity index (χ1v) is 10.6. The largest absolute Gasteiger partial charge is 0.490 e. The third kappa shape index (κ3) is 6.43. The molecule has 1 amide bonds. The van der Waals surface area contributed by atoms with E-state index in [0.29, 0.717) is 17.9 Å². The summed E-state index contributed by atoms with van der Waals surface area (Å²) in [5.41, 5.74) is 1.99. The standard InChI is InChI=1S/C20H28N2O2.C2HF3O2/c1-15-4-2-5-16(10-15)20(23)22-12-17-7-8-21(11-18(17)13-22)14-19-6-3-9-24-19;3-2(4,5)1(6)7/h2,4-5,10,17-19H,3,6-9,11-14H2,1H3;(H,6,7)/t17-,18+,19?;/m0./s1. The third-order valence-electron chi connectivity index (χ3n) is 6.17. The number of carboxylic acids is 1. The van der Waals surface area contributed by atoms with Crippen LogP contribution in [0, 0.1) is 18.8 Å². The summed E-state index contributed by atoms with van der Waals surface area (Å²) in [6, 6.07) is 7.98. The molecule has 0 aliphatic carbocycles. The van der Waals surface area contributed by atoms with E-state index in [1.807, 2.05) is 31.2 Å². The van der Waals surface area contributed by atoms with Gasteiger partial charge in [0.15, 0.2) is 0 Å². The Labute approximate surface area is 180 Å². The molecular formula is C22H29F3N2O4. The number of ether oxygens (including phenoxy) is 1. The topological polar surface area (TPSA) is 70.1 Å². The predicted molar refractivity (Wildman–Crippen MR) is 108 cm³/mol. The fraction of sp³-hybridized carbons (Fsp3) is 0.636. The molecule has 172 valence electrons. The second-order valence-corrected chi connectivity index (χ2v) is 8.59. The monoisotopic (exact) mass is 442 g/mol. The number of carbonyl (C=O) groups excluding carboxylic acids is 1. The van der Waals surface area contributed by atoms with Crippen LogP contribution in [0.4, 0.5) is 13.2 Å². The van der Waals surface area contributed by atoms with Gasteiger partial charge in [-0.05, 0) is 56.7 Å². The number of hydrogen-bond donors (Lipinski definition) is 1. The number of halogens is 3. The molecule has 3 saturated heterocycles. The molecule has 1 N–H and O–H groups in total. The van der Waals surface area contributed by atoms with Gasteiger partial charge in [-0.1, -0.05) is 17.7 Å². The summed E-state index contributed by atoms with van der Waals surface area (Å²) < 4.78 is 37.5. The number of nitrogens with zero attached hydrogens (tertiary/aromatic N) is 2. The van der Waals surface area contributed by atoms with Crippen LogP contribution in [-0.2, 0) is 9.53 Å². The Morgan fingerprint density at radius 1 is 1.16 bits per heavy atom. The zero-order chi connectivity index (χ0) is 22.6. The predicted octanol–water partition coefficient (Wildman–Crippen LogP) is 3.20. The number of rotatable bonds is 3. The van der Waals surface area contributed by atoms with Crippen molar-refractivity contribution in [3.8, 4) is 0 Å². The van der Waals surface area contributed by atoms with Gasteiger partial charge in [0.05, 0.1) is 6.10 Å². The molecule has 1 unspecified atom stereocenters. The summed E-state index contributed by atoms with van der Waals surface area (Å²) in [5.74, 6) is -1.24. The molecule has 0 saturated carbocycles. The molecule has 1 aromatic rings. The van der Waals surface area contributed by atoms with Crippen molar-refractivity contribution in [2.75, 3.05) is 39.3 Å². The van der Waals surface area contributed by atoms with Crippen molar-refractivity contribution in [3.63, 3.8) is 0 Å². The van der Waals surface area contributed by atoms with Crippen LogP contribution in [0.2, 0.25) is 0 Å². The summed E-state index contributed by atoms with van der Waals surface area (Å²) in [6.45, 7) is 8.20. The van der Waals surface area contributed by atoms with Crippen LogP contribution in [0.25, 0.3) is 0 Å². The first-order valence-electron chi connectivity index (χ1n) is 10.6. The minimum Gasteiger partial charge on any atom is -0.475 e. The first kappa shape index (κ1) is 23.5. The van der Waals surface area contributed by atoms with E-state index in [1.54, 1.807) is 0 Å². The minimum atomic E-state index is -5.08. The van der Waals surface area contributed by atoms with Gasteiger partial charge in [0, 0.05) is 38.3 Å². The maximum Gasteiger partial charge on any atom is 0.490 e. The molecular weight excluding hydrogens is 413 g/mol. The summed E-state index contributed by atoms with van der Waals surface area (Å²) in [5, 5.41) is 7.12. The molecule has 0 radical (unpaired) electrons. The number of aryl methyl sites for hydroxylation is 1. The van der Waals surface area contributed by atoms with Gasteiger partial charge >= 0.3 is 12.1 Å². The van der Waals surface area contributed by atoms with Gasteiger partial charge in [-0.3, -0.25) is 4.79 Å². The summed E-state index contributed by atoms with van der Waals surface area (Å²) >= 11 is 0. The molecule has 4 rings (SSSR count). The van der Waals surface area contributed by atoms with Gasteiger partial charge in [0.1, 0.15) is 0 Å². The van der Waals surface area contributed by atoms with Crippen molar-refractivity contribution in [2.45, 2.75) is 38.5 Å². The quantitative estimate of drug-likeness (QED) is 0.779. The van der Waals surface area contributed by atoms with Gasteiger partial charge < -0.3 is 19.6 Å². The number of hydrogen-bond acceptors (Lipinski definition) is 4. The van der Waals surface area contributed by atoms with Crippen molar-refractivity contribution in [1.82, 2.24) is 9.80 Å². The fourth-order valence-corrected chi connectivity index (χ4v) is 4.61. The van der Waals surface area contributed by atoms with E-state index in [-0.39, 0.29) is 5.91 Å². The molecule has 3 aliphatic heterocycles. The molecule has 0 spiro atoms. The van der Waals surface area contributed by atoms with Crippen molar-refractivity contribution in [3.05, 3.63) is 35.4 Å². The zero-order valence-electron chi connectivity index (χ0n) is 17.6. The number of alkyl halides is 3. The Hall–Kier alpha value is -2.13. The highest BCUT2D eigenvalue weighted by atomic mass is 19.4. The van der Waals surface area contributed by atoms with Gasteiger partial charge in [0.25, 0.3) is 5.91 Å². The average molecular weight is 442 g/mol. The van der Waals surface area contributed by atoms with E-state index in [9.17, 15) is 18.0 Å².